The Hall–Kier alpha value is -3.48. The van der Waals surface area contributed by atoms with Crippen molar-refractivity contribution in [2.75, 3.05) is 5.43 Å². The molecule has 0 unspecified atom stereocenters. The SMILES string of the molecule is NC(=O)/C(=N\Nc1ccc(-c2cnco2)cc1)c1ccncc1. The second kappa shape index (κ2) is 6.52. The van der Waals surface area contributed by atoms with Crippen LogP contribution in [0.3, 0.4) is 0 Å². The summed E-state index contributed by atoms with van der Waals surface area (Å²) in [6, 6.07) is 10.7. The standard InChI is InChI=1S/C16H13N5O2/c17-16(22)15(12-5-7-18-8-6-12)21-20-13-3-1-11(2-4-13)14-9-19-10-23-14/h1-10,20H,(H2,17,22)/b21-15-. The number of carbonyl (C=O) groups excluding carboxylic acids is 1. The molecule has 2 heterocycles. The van der Waals surface area contributed by atoms with Gasteiger partial charge in [-0.1, -0.05) is 0 Å². The van der Waals surface area contributed by atoms with E-state index in [9.17, 15) is 4.79 Å². The van der Waals surface area contributed by atoms with Crippen molar-refractivity contribution in [2.24, 2.45) is 10.8 Å². The van der Waals surface area contributed by atoms with E-state index in [4.69, 9.17) is 10.2 Å². The minimum Gasteiger partial charge on any atom is -0.444 e. The second-order valence-electron chi connectivity index (χ2n) is 4.62. The molecule has 0 aliphatic carbocycles. The van der Waals surface area contributed by atoms with Gasteiger partial charge in [0.05, 0.1) is 11.9 Å². The molecule has 1 amide bonds. The third-order valence-corrected chi connectivity index (χ3v) is 3.09. The normalized spacial score (nSPS) is 11.2. The molecule has 3 rings (SSSR count). The summed E-state index contributed by atoms with van der Waals surface area (Å²) >= 11 is 0. The molecule has 0 radical (unpaired) electrons. The monoisotopic (exact) mass is 307 g/mol. The number of hydrogen-bond donors (Lipinski definition) is 2. The molecule has 7 nitrogen and oxygen atoms in total. The van der Waals surface area contributed by atoms with Gasteiger partial charge < -0.3 is 10.2 Å². The number of rotatable bonds is 5. The van der Waals surface area contributed by atoms with Gasteiger partial charge in [-0.05, 0) is 36.4 Å². The van der Waals surface area contributed by atoms with Gasteiger partial charge in [-0.2, -0.15) is 5.10 Å². The molecule has 2 aromatic heterocycles. The van der Waals surface area contributed by atoms with E-state index in [2.05, 4.69) is 20.5 Å². The molecule has 1 aromatic carbocycles. The summed E-state index contributed by atoms with van der Waals surface area (Å²) in [6.45, 7) is 0. The number of anilines is 1. The minimum absolute atomic E-state index is 0.131. The summed E-state index contributed by atoms with van der Waals surface area (Å²) in [5.41, 5.74) is 10.5. The molecule has 3 N–H and O–H groups in total. The van der Waals surface area contributed by atoms with E-state index < -0.39 is 5.91 Å². The lowest BCUT2D eigenvalue weighted by molar-refractivity contribution is -0.111. The van der Waals surface area contributed by atoms with Crippen LogP contribution in [0.5, 0.6) is 0 Å². The number of pyridine rings is 1. The van der Waals surface area contributed by atoms with E-state index in [0.29, 0.717) is 17.0 Å². The summed E-state index contributed by atoms with van der Waals surface area (Å²) < 4.78 is 5.22. The Morgan fingerprint density at radius 2 is 1.83 bits per heavy atom. The van der Waals surface area contributed by atoms with E-state index in [1.165, 1.54) is 6.39 Å². The van der Waals surface area contributed by atoms with Crippen LogP contribution >= 0.6 is 0 Å². The van der Waals surface area contributed by atoms with Crippen molar-refractivity contribution in [2.45, 2.75) is 0 Å². The highest BCUT2D eigenvalue weighted by molar-refractivity contribution is 6.44. The molecular weight excluding hydrogens is 294 g/mol. The maximum absolute atomic E-state index is 11.5. The van der Waals surface area contributed by atoms with Gasteiger partial charge in [-0.25, -0.2) is 4.98 Å². The number of carbonyl (C=O) groups is 1. The van der Waals surface area contributed by atoms with E-state index in [1.54, 1.807) is 30.7 Å². The second-order valence-corrected chi connectivity index (χ2v) is 4.62. The van der Waals surface area contributed by atoms with Crippen molar-refractivity contribution in [1.29, 1.82) is 0 Å². The minimum atomic E-state index is -0.623. The topological polar surface area (TPSA) is 106 Å². The van der Waals surface area contributed by atoms with Crippen molar-refractivity contribution in [1.82, 2.24) is 9.97 Å². The highest BCUT2D eigenvalue weighted by Gasteiger charge is 2.10. The van der Waals surface area contributed by atoms with Crippen LogP contribution in [-0.2, 0) is 4.79 Å². The van der Waals surface area contributed by atoms with Crippen molar-refractivity contribution >= 4 is 17.3 Å². The molecule has 7 heteroatoms. The van der Waals surface area contributed by atoms with E-state index >= 15 is 0 Å². The van der Waals surface area contributed by atoms with E-state index in [-0.39, 0.29) is 5.71 Å². The molecule has 0 bridgehead atoms. The molecule has 3 aromatic rings. The number of benzene rings is 1. The van der Waals surface area contributed by atoms with Gasteiger partial charge in [-0.15, -0.1) is 0 Å². The van der Waals surface area contributed by atoms with Gasteiger partial charge >= 0.3 is 0 Å². The summed E-state index contributed by atoms with van der Waals surface area (Å²) in [7, 11) is 0. The number of nitrogens with zero attached hydrogens (tertiary/aromatic N) is 3. The summed E-state index contributed by atoms with van der Waals surface area (Å²) in [5, 5.41) is 4.08. The third kappa shape index (κ3) is 3.41. The number of nitrogens with two attached hydrogens (primary N) is 1. The van der Waals surface area contributed by atoms with Crippen molar-refractivity contribution in [3.8, 4) is 11.3 Å². The number of nitrogens with one attached hydrogen (secondary N) is 1. The fourth-order valence-corrected chi connectivity index (χ4v) is 1.96. The molecule has 0 aliphatic heterocycles. The highest BCUT2D eigenvalue weighted by Crippen LogP contribution is 2.20. The zero-order chi connectivity index (χ0) is 16.1. The predicted molar refractivity (Wildman–Crippen MR) is 85.5 cm³/mol. The molecule has 0 atom stereocenters. The van der Waals surface area contributed by atoms with Gasteiger partial charge in [0.15, 0.2) is 17.9 Å². The Kier molecular flexibility index (Phi) is 4.10. The van der Waals surface area contributed by atoms with Gasteiger partial charge in [0.1, 0.15) is 0 Å². The molecule has 0 aliphatic rings. The first-order valence-corrected chi connectivity index (χ1v) is 6.77. The van der Waals surface area contributed by atoms with Gasteiger partial charge in [0.25, 0.3) is 5.91 Å². The van der Waals surface area contributed by atoms with Crippen molar-refractivity contribution in [3.63, 3.8) is 0 Å². The molecule has 114 valence electrons. The van der Waals surface area contributed by atoms with Crippen LogP contribution in [0.1, 0.15) is 5.56 Å². The Morgan fingerprint density at radius 1 is 1.09 bits per heavy atom. The summed E-state index contributed by atoms with van der Waals surface area (Å²) in [5.74, 6) is 0.0524. The Balaban J connectivity index is 1.79. The maximum atomic E-state index is 11.5. The Bertz CT molecular complexity index is 811. The van der Waals surface area contributed by atoms with Crippen LogP contribution in [0.25, 0.3) is 11.3 Å². The summed E-state index contributed by atoms with van der Waals surface area (Å²) in [6.07, 6.45) is 6.15. The van der Waals surface area contributed by atoms with Crippen LogP contribution in [-0.4, -0.2) is 21.6 Å². The fraction of sp³-hybridized carbons (Fsp3) is 0. The van der Waals surface area contributed by atoms with Crippen molar-refractivity contribution < 1.29 is 9.21 Å². The molecular formula is C16H13N5O2. The molecule has 23 heavy (non-hydrogen) atoms. The number of aromatic nitrogens is 2. The maximum Gasteiger partial charge on any atom is 0.269 e. The Morgan fingerprint density at radius 3 is 2.43 bits per heavy atom. The average molecular weight is 307 g/mol. The number of hydrogen-bond acceptors (Lipinski definition) is 6. The van der Waals surface area contributed by atoms with Crippen LogP contribution < -0.4 is 11.2 Å². The molecule has 0 fully saturated rings. The number of hydrazone groups is 1. The first-order valence-electron chi connectivity index (χ1n) is 6.77. The predicted octanol–water partition coefficient (Wildman–Crippen LogP) is 2.04. The number of amides is 1. The lowest BCUT2D eigenvalue weighted by Crippen LogP contribution is -2.25. The van der Waals surface area contributed by atoms with Crippen LogP contribution in [0.15, 0.2) is 70.9 Å². The first-order chi connectivity index (χ1) is 11.2. The van der Waals surface area contributed by atoms with Crippen LogP contribution in [0.2, 0.25) is 0 Å². The lowest BCUT2D eigenvalue weighted by Gasteiger charge is -2.05. The fourth-order valence-electron chi connectivity index (χ4n) is 1.96. The van der Waals surface area contributed by atoms with Gasteiger partial charge in [0, 0.05) is 23.5 Å². The average Bonchev–Trinajstić information content (AvgIpc) is 3.11. The molecule has 0 spiro atoms. The van der Waals surface area contributed by atoms with E-state index in [1.807, 2.05) is 24.3 Å². The summed E-state index contributed by atoms with van der Waals surface area (Å²) in [4.78, 5) is 19.3. The largest absolute Gasteiger partial charge is 0.444 e. The van der Waals surface area contributed by atoms with Crippen molar-refractivity contribution in [3.05, 3.63) is 66.9 Å². The van der Waals surface area contributed by atoms with Crippen LogP contribution in [0, 0.1) is 0 Å². The zero-order valence-electron chi connectivity index (χ0n) is 12.0. The number of primary amides is 1. The quantitative estimate of drug-likeness (QED) is 0.554. The Labute approximate surface area is 131 Å². The zero-order valence-corrected chi connectivity index (χ0v) is 12.0. The molecule has 0 saturated carbocycles. The number of oxazole rings is 1. The van der Waals surface area contributed by atoms with E-state index in [0.717, 1.165) is 5.56 Å². The van der Waals surface area contributed by atoms with Gasteiger partial charge in [0.2, 0.25) is 0 Å². The smallest absolute Gasteiger partial charge is 0.269 e. The third-order valence-electron chi connectivity index (χ3n) is 3.09. The lowest BCUT2D eigenvalue weighted by atomic mass is 10.1. The van der Waals surface area contributed by atoms with Crippen LogP contribution in [0.4, 0.5) is 5.69 Å². The molecule has 0 saturated heterocycles. The van der Waals surface area contributed by atoms with Gasteiger partial charge in [-0.3, -0.25) is 15.2 Å². The first kappa shape index (κ1) is 14.5. The highest BCUT2D eigenvalue weighted by atomic mass is 16.3.